The summed E-state index contributed by atoms with van der Waals surface area (Å²) < 4.78 is 34.5. The van der Waals surface area contributed by atoms with Gasteiger partial charge >= 0.3 is 0 Å². The molecular weight excluding hydrogens is 517 g/mol. The van der Waals surface area contributed by atoms with Gasteiger partial charge in [-0.05, 0) is 44.2 Å². The van der Waals surface area contributed by atoms with Crippen LogP contribution in [0.25, 0.3) is 11.0 Å². The van der Waals surface area contributed by atoms with E-state index in [2.05, 4.69) is 15.8 Å². The molecule has 186 valence electrons. The summed E-state index contributed by atoms with van der Waals surface area (Å²) in [6, 6.07) is 7.32. The number of aromatic nitrogens is 2. The van der Waals surface area contributed by atoms with Crippen LogP contribution < -0.4 is 10.9 Å². The first-order chi connectivity index (χ1) is 16.6. The molecule has 4 rings (SSSR count). The van der Waals surface area contributed by atoms with Crippen LogP contribution in [-0.4, -0.2) is 60.4 Å². The number of sulfonamides is 1. The number of fused-ring (bicyclic) bond motifs is 1. The lowest BCUT2D eigenvalue weighted by molar-refractivity contribution is 0.0730. The van der Waals surface area contributed by atoms with Gasteiger partial charge in [0.25, 0.3) is 11.8 Å². The molecule has 0 unspecified atom stereocenters. The van der Waals surface area contributed by atoms with Crippen molar-refractivity contribution in [2.75, 3.05) is 26.3 Å². The minimum absolute atomic E-state index is 0.0651. The number of carbonyl (C=O) groups excluding carboxylic acids is 2. The van der Waals surface area contributed by atoms with Crippen molar-refractivity contribution in [3.05, 3.63) is 57.3 Å². The van der Waals surface area contributed by atoms with Crippen LogP contribution in [0.4, 0.5) is 0 Å². The van der Waals surface area contributed by atoms with Gasteiger partial charge in [-0.3, -0.25) is 20.4 Å². The Morgan fingerprint density at radius 1 is 1.06 bits per heavy atom. The highest BCUT2D eigenvalue weighted by atomic mass is 35.5. The zero-order valence-electron chi connectivity index (χ0n) is 19.0. The van der Waals surface area contributed by atoms with Gasteiger partial charge in [-0.2, -0.15) is 4.31 Å². The molecule has 0 aliphatic carbocycles. The number of imidazole rings is 1. The fourth-order valence-electron chi connectivity index (χ4n) is 3.87. The quantitative estimate of drug-likeness (QED) is 0.480. The van der Waals surface area contributed by atoms with Gasteiger partial charge in [-0.15, -0.1) is 0 Å². The fraction of sp³-hybridized carbons (Fsp3) is 0.318. The third kappa shape index (κ3) is 5.00. The Bertz CT molecular complexity index is 1420. The molecule has 2 amide bonds. The van der Waals surface area contributed by atoms with E-state index in [1.165, 1.54) is 10.4 Å². The molecule has 1 aliphatic heterocycles. The lowest BCUT2D eigenvalue weighted by Gasteiger charge is -2.26. The third-order valence-corrected chi connectivity index (χ3v) is 8.34. The molecule has 1 saturated heterocycles. The number of aryl methyl sites for hydroxylation is 2. The first kappa shape index (κ1) is 25.4. The van der Waals surface area contributed by atoms with E-state index in [4.69, 9.17) is 27.9 Å². The molecule has 0 spiro atoms. The van der Waals surface area contributed by atoms with E-state index in [9.17, 15) is 18.0 Å². The Kier molecular flexibility index (Phi) is 7.34. The standard InChI is InChI=1S/C22H23Cl2N5O5S/c1-3-29-13(2)25-18-10-14(4-5-19(18)29)21(30)26-27-22(31)15-11-20(17(24)12-16(15)23)35(32,33)28-6-8-34-9-7-28/h4-5,10-12H,3,6-9H2,1-2H3,(H,26,30)(H,27,31). The van der Waals surface area contributed by atoms with Gasteiger partial charge in [0.1, 0.15) is 10.7 Å². The summed E-state index contributed by atoms with van der Waals surface area (Å²) in [4.78, 5) is 29.6. The maximum atomic E-state index is 13.0. The minimum Gasteiger partial charge on any atom is -0.379 e. The van der Waals surface area contributed by atoms with E-state index in [0.717, 1.165) is 24.0 Å². The molecule has 1 fully saturated rings. The SMILES string of the molecule is CCn1c(C)nc2cc(C(=O)NNC(=O)c3cc(S(=O)(=O)N4CCOCC4)c(Cl)cc3Cl)ccc21. The van der Waals surface area contributed by atoms with E-state index < -0.39 is 21.8 Å². The number of amides is 2. The van der Waals surface area contributed by atoms with Crippen LogP contribution in [0.2, 0.25) is 10.0 Å². The molecule has 10 nitrogen and oxygen atoms in total. The number of hydrazine groups is 1. The second-order valence-corrected chi connectivity index (χ2v) is 10.5. The molecule has 2 heterocycles. The average molecular weight is 540 g/mol. The number of hydrogen-bond donors (Lipinski definition) is 2. The van der Waals surface area contributed by atoms with Crippen LogP contribution in [0.5, 0.6) is 0 Å². The highest BCUT2D eigenvalue weighted by Crippen LogP contribution is 2.31. The summed E-state index contributed by atoms with van der Waals surface area (Å²) in [5.74, 6) is -0.547. The summed E-state index contributed by atoms with van der Waals surface area (Å²) in [7, 11) is -3.98. The van der Waals surface area contributed by atoms with Crippen molar-refractivity contribution in [1.29, 1.82) is 0 Å². The second kappa shape index (κ2) is 10.1. The molecule has 0 saturated carbocycles. The van der Waals surface area contributed by atoms with E-state index >= 15 is 0 Å². The van der Waals surface area contributed by atoms with Crippen molar-refractivity contribution in [2.45, 2.75) is 25.3 Å². The van der Waals surface area contributed by atoms with E-state index in [-0.39, 0.29) is 52.4 Å². The minimum atomic E-state index is -3.98. The molecule has 0 bridgehead atoms. The van der Waals surface area contributed by atoms with Crippen molar-refractivity contribution in [1.82, 2.24) is 24.7 Å². The molecule has 13 heteroatoms. The number of rotatable bonds is 5. The predicted molar refractivity (Wildman–Crippen MR) is 131 cm³/mol. The summed E-state index contributed by atoms with van der Waals surface area (Å²) in [6.45, 7) is 5.48. The predicted octanol–water partition coefficient (Wildman–Crippen LogP) is 2.77. The summed E-state index contributed by atoms with van der Waals surface area (Å²) in [6.07, 6.45) is 0. The number of morpholine rings is 1. The number of carbonyl (C=O) groups is 2. The number of hydrogen-bond acceptors (Lipinski definition) is 6. The van der Waals surface area contributed by atoms with E-state index in [1.54, 1.807) is 18.2 Å². The van der Waals surface area contributed by atoms with Gasteiger partial charge in [0.05, 0.1) is 39.9 Å². The Labute approximate surface area is 212 Å². The van der Waals surface area contributed by atoms with Crippen LogP contribution in [0.15, 0.2) is 35.2 Å². The maximum Gasteiger partial charge on any atom is 0.271 e. The third-order valence-electron chi connectivity index (χ3n) is 5.66. The Hall–Kier alpha value is -2.70. The van der Waals surface area contributed by atoms with Crippen LogP contribution in [0.1, 0.15) is 33.5 Å². The van der Waals surface area contributed by atoms with Crippen LogP contribution in [0, 0.1) is 6.92 Å². The summed E-state index contributed by atoms with van der Waals surface area (Å²) >= 11 is 12.3. The molecule has 0 radical (unpaired) electrons. The first-order valence-electron chi connectivity index (χ1n) is 10.8. The smallest absolute Gasteiger partial charge is 0.271 e. The van der Waals surface area contributed by atoms with E-state index in [0.29, 0.717) is 5.52 Å². The highest BCUT2D eigenvalue weighted by molar-refractivity contribution is 7.89. The van der Waals surface area contributed by atoms with Crippen LogP contribution >= 0.6 is 23.2 Å². The first-order valence-corrected chi connectivity index (χ1v) is 13.0. The monoisotopic (exact) mass is 539 g/mol. The number of benzene rings is 2. The van der Waals surface area contributed by atoms with Crippen molar-refractivity contribution in [3.63, 3.8) is 0 Å². The van der Waals surface area contributed by atoms with Crippen molar-refractivity contribution in [3.8, 4) is 0 Å². The highest BCUT2D eigenvalue weighted by Gasteiger charge is 2.30. The molecule has 1 aliphatic rings. The number of nitrogens with one attached hydrogen (secondary N) is 2. The molecule has 2 N–H and O–H groups in total. The average Bonchev–Trinajstić information content (AvgIpc) is 3.16. The van der Waals surface area contributed by atoms with Crippen molar-refractivity contribution in [2.24, 2.45) is 0 Å². The largest absolute Gasteiger partial charge is 0.379 e. The molecule has 3 aromatic rings. The van der Waals surface area contributed by atoms with E-state index in [1.807, 2.05) is 18.4 Å². The Morgan fingerprint density at radius 2 is 1.74 bits per heavy atom. The number of ether oxygens (including phenoxy) is 1. The van der Waals surface area contributed by atoms with Crippen LogP contribution in [-0.2, 0) is 21.3 Å². The Balaban J connectivity index is 1.52. The topological polar surface area (TPSA) is 123 Å². The molecule has 2 aromatic carbocycles. The summed E-state index contributed by atoms with van der Waals surface area (Å²) in [5.41, 5.74) is 6.27. The van der Waals surface area contributed by atoms with Gasteiger partial charge in [0.15, 0.2) is 0 Å². The molecule has 35 heavy (non-hydrogen) atoms. The lowest BCUT2D eigenvalue weighted by Crippen LogP contribution is -2.42. The number of nitrogens with zero attached hydrogens (tertiary/aromatic N) is 3. The normalized spacial score (nSPS) is 14.7. The van der Waals surface area contributed by atoms with Gasteiger partial charge in [-0.25, -0.2) is 13.4 Å². The summed E-state index contributed by atoms with van der Waals surface area (Å²) in [5, 5.41) is -0.179. The van der Waals surface area contributed by atoms with Crippen LogP contribution in [0.3, 0.4) is 0 Å². The molecule has 1 aromatic heterocycles. The van der Waals surface area contributed by atoms with Crippen molar-refractivity contribution >= 4 is 56.1 Å². The Morgan fingerprint density at radius 3 is 2.43 bits per heavy atom. The number of halogens is 2. The molecule has 0 atom stereocenters. The van der Waals surface area contributed by atoms with Gasteiger partial charge < -0.3 is 9.30 Å². The van der Waals surface area contributed by atoms with Crippen molar-refractivity contribution < 1.29 is 22.7 Å². The zero-order valence-corrected chi connectivity index (χ0v) is 21.3. The lowest BCUT2D eigenvalue weighted by atomic mass is 10.2. The maximum absolute atomic E-state index is 13.0. The van der Waals surface area contributed by atoms with Gasteiger partial charge in [-0.1, -0.05) is 23.2 Å². The zero-order chi connectivity index (χ0) is 25.3. The fourth-order valence-corrected chi connectivity index (χ4v) is 6.11. The molecular formula is C22H23Cl2N5O5S. The second-order valence-electron chi connectivity index (χ2n) is 7.79. The van der Waals surface area contributed by atoms with Gasteiger partial charge in [0.2, 0.25) is 10.0 Å². The van der Waals surface area contributed by atoms with Gasteiger partial charge in [0, 0.05) is 25.2 Å².